The Kier molecular flexibility index (Phi) is 2.97. The molecule has 0 spiro atoms. The van der Waals surface area contributed by atoms with Crippen molar-refractivity contribution in [2.24, 2.45) is 0 Å². The first-order valence-electron chi connectivity index (χ1n) is 4.59. The zero-order chi connectivity index (χ0) is 12.5. The van der Waals surface area contributed by atoms with Crippen molar-refractivity contribution < 1.29 is 18.0 Å². The van der Waals surface area contributed by atoms with E-state index in [1.807, 2.05) is 0 Å². The number of alkyl halides is 3. The normalized spacial score (nSPS) is 11.5. The number of halogens is 3. The Morgan fingerprint density at radius 3 is 2.65 bits per heavy atom. The Hall–Kier alpha value is -1.69. The highest BCUT2D eigenvalue weighted by atomic mass is 32.1. The molecule has 0 aliphatic carbocycles. The number of ketones is 1. The SMILES string of the molecule is O=C(c1cccc(C(F)(F)F)c1)c1cncs1. The van der Waals surface area contributed by atoms with Crippen LogP contribution >= 0.6 is 11.3 Å². The minimum atomic E-state index is -4.44. The minimum absolute atomic E-state index is 0.0177. The fourth-order valence-corrected chi connectivity index (χ4v) is 1.89. The van der Waals surface area contributed by atoms with Crippen molar-refractivity contribution in [1.82, 2.24) is 4.98 Å². The van der Waals surface area contributed by atoms with Crippen molar-refractivity contribution in [2.75, 3.05) is 0 Å². The summed E-state index contributed by atoms with van der Waals surface area (Å²) >= 11 is 1.10. The van der Waals surface area contributed by atoms with E-state index in [2.05, 4.69) is 4.98 Å². The number of thiazole rings is 1. The second-order valence-corrected chi connectivity index (χ2v) is 4.16. The van der Waals surface area contributed by atoms with Crippen LogP contribution in [0.2, 0.25) is 0 Å². The average molecular weight is 257 g/mol. The van der Waals surface area contributed by atoms with E-state index in [4.69, 9.17) is 0 Å². The van der Waals surface area contributed by atoms with Crippen LogP contribution in [0.5, 0.6) is 0 Å². The summed E-state index contributed by atoms with van der Waals surface area (Å²) in [7, 11) is 0. The van der Waals surface area contributed by atoms with E-state index in [-0.39, 0.29) is 5.56 Å². The summed E-state index contributed by atoms with van der Waals surface area (Å²) in [4.78, 5) is 15.8. The molecule has 17 heavy (non-hydrogen) atoms. The molecule has 0 fully saturated rings. The van der Waals surface area contributed by atoms with Crippen molar-refractivity contribution in [3.05, 3.63) is 52.0 Å². The summed E-state index contributed by atoms with van der Waals surface area (Å²) < 4.78 is 37.4. The minimum Gasteiger partial charge on any atom is -0.288 e. The third kappa shape index (κ3) is 2.52. The maximum Gasteiger partial charge on any atom is 0.416 e. The Balaban J connectivity index is 2.38. The third-order valence-corrected chi connectivity index (χ3v) is 2.88. The Labute approximate surface area is 98.7 Å². The predicted octanol–water partition coefficient (Wildman–Crippen LogP) is 3.39. The monoisotopic (exact) mass is 257 g/mol. The third-order valence-electron chi connectivity index (χ3n) is 2.11. The van der Waals surface area contributed by atoms with Crippen LogP contribution in [0.1, 0.15) is 20.8 Å². The maximum absolute atomic E-state index is 12.5. The van der Waals surface area contributed by atoms with Crippen LogP contribution < -0.4 is 0 Å². The van der Waals surface area contributed by atoms with Crippen LogP contribution in [-0.4, -0.2) is 10.8 Å². The van der Waals surface area contributed by atoms with Crippen LogP contribution in [0.25, 0.3) is 0 Å². The molecule has 0 atom stereocenters. The second kappa shape index (κ2) is 4.29. The second-order valence-electron chi connectivity index (χ2n) is 3.27. The molecule has 0 aliphatic heterocycles. The summed E-state index contributed by atoms with van der Waals surface area (Å²) in [6, 6.07) is 4.36. The van der Waals surface area contributed by atoms with Crippen LogP contribution in [0.4, 0.5) is 13.2 Å². The number of nitrogens with zero attached hydrogens (tertiary/aromatic N) is 1. The zero-order valence-electron chi connectivity index (χ0n) is 8.36. The Morgan fingerprint density at radius 2 is 2.06 bits per heavy atom. The molecule has 2 nitrogen and oxygen atoms in total. The van der Waals surface area contributed by atoms with Crippen molar-refractivity contribution >= 4 is 17.1 Å². The molecule has 6 heteroatoms. The quantitative estimate of drug-likeness (QED) is 0.772. The summed E-state index contributed by atoms with van der Waals surface area (Å²) in [6.07, 6.45) is -3.10. The fraction of sp³-hybridized carbons (Fsp3) is 0.0909. The van der Waals surface area contributed by atoms with Crippen LogP contribution in [-0.2, 0) is 6.18 Å². The molecule has 0 bridgehead atoms. The first kappa shape index (κ1) is 11.8. The first-order valence-corrected chi connectivity index (χ1v) is 5.47. The van der Waals surface area contributed by atoms with Gasteiger partial charge in [0.05, 0.1) is 16.0 Å². The maximum atomic E-state index is 12.5. The molecular formula is C11H6F3NOS. The van der Waals surface area contributed by atoms with Gasteiger partial charge in [0.2, 0.25) is 5.78 Å². The summed E-state index contributed by atoms with van der Waals surface area (Å²) in [5, 5.41) is 0. The Morgan fingerprint density at radius 1 is 1.29 bits per heavy atom. The van der Waals surface area contributed by atoms with Gasteiger partial charge in [-0.1, -0.05) is 12.1 Å². The van der Waals surface area contributed by atoms with E-state index < -0.39 is 17.5 Å². The highest BCUT2D eigenvalue weighted by Crippen LogP contribution is 2.30. The zero-order valence-corrected chi connectivity index (χ0v) is 9.18. The lowest BCUT2D eigenvalue weighted by Crippen LogP contribution is -2.07. The Bertz CT molecular complexity index is 534. The van der Waals surface area contributed by atoms with Crippen molar-refractivity contribution in [3.63, 3.8) is 0 Å². The van der Waals surface area contributed by atoms with Crippen molar-refractivity contribution in [1.29, 1.82) is 0 Å². The first-order chi connectivity index (χ1) is 7.98. The molecule has 0 aliphatic rings. The molecule has 0 amide bonds. The van der Waals surface area contributed by atoms with E-state index in [0.717, 1.165) is 23.5 Å². The van der Waals surface area contributed by atoms with Crippen molar-refractivity contribution in [3.8, 4) is 0 Å². The highest BCUT2D eigenvalue weighted by molar-refractivity contribution is 7.11. The van der Waals surface area contributed by atoms with E-state index in [1.54, 1.807) is 0 Å². The molecule has 0 radical (unpaired) electrons. The van der Waals surface area contributed by atoms with Gasteiger partial charge in [0.15, 0.2) is 0 Å². The van der Waals surface area contributed by atoms with Gasteiger partial charge in [0.25, 0.3) is 0 Å². The van der Waals surface area contributed by atoms with Gasteiger partial charge >= 0.3 is 6.18 Å². The highest BCUT2D eigenvalue weighted by Gasteiger charge is 2.31. The molecule has 1 aromatic carbocycles. The number of rotatable bonds is 2. The number of hydrogen-bond donors (Lipinski definition) is 0. The molecule has 2 aromatic rings. The average Bonchev–Trinajstić information content (AvgIpc) is 2.80. The number of benzene rings is 1. The summed E-state index contributed by atoms with van der Waals surface area (Å²) in [5.74, 6) is -0.446. The molecule has 0 saturated carbocycles. The van der Waals surface area contributed by atoms with Gasteiger partial charge in [-0.05, 0) is 12.1 Å². The summed E-state index contributed by atoms with van der Waals surface area (Å²) in [6.45, 7) is 0. The number of hydrogen-bond acceptors (Lipinski definition) is 3. The van der Waals surface area contributed by atoms with Crippen molar-refractivity contribution in [2.45, 2.75) is 6.18 Å². The van der Waals surface area contributed by atoms with E-state index in [9.17, 15) is 18.0 Å². The lowest BCUT2D eigenvalue weighted by molar-refractivity contribution is -0.137. The van der Waals surface area contributed by atoms with Crippen LogP contribution in [0.3, 0.4) is 0 Å². The molecular weight excluding hydrogens is 251 g/mol. The molecule has 0 N–H and O–H groups in total. The van der Waals surface area contributed by atoms with E-state index in [0.29, 0.717) is 4.88 Å². The number of carbonyl (C=O) groups excluding carboxylic acids is 1. The van der Waals surface area contributed by atoms with Gasteiger partial charge < -0.3 is 0 Å². The lowest BCUT2D eigenvalue weighted by Gasteiger charge is -2.07. The smallest absolute Gasteiger partial charge is 0.288 e. The fourth-order valence-electron chi connectivity index (χ4n) is 1.31. The largest absolute Gasteiger partial charge is 0.416 e. The van der Waals surface area contributed by atoms with Gasteiger partial charge in [0.1, 0.15) is 0 Å². The molecule has 0 saturated heterocycles. The van der Waals surface area contributed by atoms with Gasteiger partial charge in [-0.15, -0.1) is 11.3 Å². The lowest BCUT2D eigenvalue weighted by atomic mass is 10.1. The standard InChI is InChI=1S/C11H6F3NOS/c12-11(13,14)8-3-1-2-7(4-8)10(16)9-5-15-6-17-9/h1-6H. The molecule has 2 rings (SSSR count). The van der Waals surface area contributed by atoms with Gasteiger partial charge in [-0.2, -0.15) is 13.2 Å². The number of carbonyl (C=O) groups is 1. The summed E-state index contributed by atoms with van der Waals surface area (Å²) in [5.41, 5.74) is 0.651. The van der Waals surface area contributed by atoms with E-state index in [1.165, 1.54) is 23.8 Å². The molecule has 88 valence electrons. The number of aromatic nitrogens is 1. The molecule has 1 heterocycles. The topological polar surface area (TPSA) is 30.0 Å². The van der Waals surface area contributed by atoms with Crippen LogP contribution in [0.15, 0.2) is 36.0 Å². The van der Waals surface area contributed by atoms with Crippen LogP contribution in [0, 0.1) is 0 Å². The van der Waals surface area contributed by atoms with Gasteiger partial charge in [-0.3, -0.25) is 9.78 Å². The predicted molar refractivity (Wildman–Crippen MR) is 57.0 cm³/mol. The van der Waals surface area contributed by atoms with Gasteiger partial charge in [-0.25, -0.2) is 0 Å². The van der Waals surface area contributed by atoms with E-state index >= 15 is 0 Å². The molecule has 1 aromatic heterocycles. The molecule has 0 unspecified atom stereocenters. The van der Waals surface area contributed by atoms with Gasteiger partial charge in [0, 0.05) is 11.8 Å².